The van der Waals surface area contributed by atoms with Gasteiger partial charge in [0.05, 0.1) is 5.69 Å². The summed E-state index contributed by atoms with van der Waals surface area (Å²) >= 11 is 1.49. The molecule has 2 heterocycles. The number of nitrogens with zero attached hydrogens (tertiary/aromatic N) is 3. The highest BCUT2D eigenvalue weighted by Crippen LogP contribution is 2.23. The number of nitrogens with one attached hydrogen (secondary N) is 2. The van der Waals surface area contributed by atoms with Crippen molar-refractivity contribution in [3.63, 3.8) is 0 Å². The van der Waals surface area contributed by atoms with Gasteiger partial charge in [-0.05, 0) is 25.3 Å². The first-order chi connectivity index (χ1) is 10.3. The van der Waals surface area contributed by atoms with Crippen LogP contribution >= 0.6 is 11.3 Å². The van der Waals surface area contributed by atoms with E-state index in [9.17, 15) is 4.79 Å². The molecule has 0 radical (unpaired) electrons. The van der Waals surface area contributed by atoms with E-state index in [1.54, 1.807) is 19.6 Å². The lowest BCUT2D eigenvalue weighted by molar-refractivity contribution is 0.254. The summed E-state index contributed by atoms with van der Waals surface area (Å²) < 4.78 is 0. The molecule has 0 aliphatic heterocycles. The van der Waals surface area contributed by atoms with Crippen LogP contribution in [0.1, 0.15) is 21.8 Å². The molecule has 2 aromatic heterocycles. The minimum Gasteiger partial charge on any atom is -0.341 e. The Labute approximate surface area is 126 Å². The average molecular weight is 301 g/mol. The summed E-state index contributed by atoms with van der Waals surface area (Å²) in [7, 11) is 1.58. The normalized spacial score (nSPS) is 12.2. The summed E-state index contributed by atoms with van der Waals surface area (Å²) in [5, 5.41) is 5.79. The maximum atomic E-state index is 11.2. The molecule has 0 spiro atoms. The van der Waals surface area contributed by atoms with Crippen LogP contribution in [0.5, 0.6) is 0 Å². The fourth-order valence-electron chi connectivity index (χ4n) is 2.22. The van der Waals surface area contributed by atoms with E-state index >= 15 is 0 Å². The molecule has 21 heavy (non-hydrogen) atoms. The summed E-state index contributed by atoms with van der Waals surface area (Å²) in [5.41, 5.74) is 3.36. The number of aromatic nitrogens is 3. The van der Waals surface area contributed by atoms with Gasteiger partial charge in [-0.15, -0.1) is 11.3 Å². The van der Waals surface area contributed by atoms with Crippen molar-refractivity contribution in [3.8, 4) is 0 Å². The molecular weight excluding hydrogens is 286 g/mol. The van der Waals surface area contributed by atoms with E-state index in [2.05, 4.69) is 31.7 Å². The molecule has 0 aromatic carbocycles. The highest BCUT2D eigenvalue weighted by atomic mass is 32.1. The molecule has 2 N–H and O–H groups in total. The predicted molar refractivity (Wildman–Crippen MR) is 82.4 cm³/mol. The maximum absolute atomic E-state index is 11.2. The number of carbonyl (C=O) groups excluding carboxylic acids is 1. The highest BCUT2D eigenvalue weighted by molar-refractivity contribution is 7.15. The standard InChI is InChI=1S/C14H15N5OS/c1-15-13(20)19-14-16-7-9(21-14)5-6-12-10-3-2-4-11(10)17-8-18-12/h2,4,7-8H,3,5-6H2,1H3,(H2,15,16,19,20). The van der Waals surface area contributed by atoms with Crippen molar-refractivity contribution in [1.29, 1.82) is 0 Å². The van der Waals surface area contributed by atoms with E-state index < -0.39 is 0 Å². The second-order valence-electron chi connectivity index (χ2n) is 4.63. The third kappa shape index (κ3) is 3.08. The molecule has 2 amide bonds. The molecule has 1 aliphatic carbocycles. The van der Waals surface area contributed by atoms with Crippen molar-refractivity contribution in [2.24, 2.45) is 0 Å². The van der Waals surface area contributed by atoms with Crippen LogP contribution in [0.2, 0.25) is 0 Å². The van der Waals surface area contributed by atoms with Gasteiger partial charge in [0, 0.05) is 29.4 Å². The van der Waals surface area contributed by atoms with Crippen LogP contribution in [0.25, 0.3) is 6.08 Å². The molecule has 0 fully saturated rings. The van der Waals surface area contributed by atoms with E-state index in [1.807, 2.05) is 6.08 Å². The number of hydrogen-bond donors (Lipinski definition) is 2. The lowest BCUT2D eigenvalue weighted by atomic mass is 10.1. The monoisotopic (exact) mass is 301 g/mol. The SMILES string of the molecule is CNC(=O)Nc1ncc(CCc2ncnc3c2CC=C3)s1. The van der Waals surface area contributed by atoms with Crippen molar-refractivity contribution in [2.75, 3.05) is 12.4 Å². The third-order valence-corrected chi connectivity index (χ3v) is 4.25. The van der Waals surface area contributed by atoms with Crippen molar-refractivity contribution >= 4 is 28.6 Å². The minimum absolute atomic E-state index is 0.254. The molecule has 2 aromatic rings. The maximum Gasteiger partial charge on any atom is 0.320 e. The molecule has 0 atom stereocenters. The van der Waals surface area contributed by atoms with Gasteiger partial charge in [0.15, 0.2) is 5.13 Å². The van der Waals surface area contributed by atoms with Gasteiger partial charge >= 0.3 is 6.03 Å². The number of anilines is 1. The predicted octanol–water partition coefficient (Wildman–Crippen LogP) is 2.04. The molecule has 1 aliphatic rings. The van der Waals surface area contributed by atoms with Crippen molar-refractivity contribution < 1.29 is 4.79 Å². The molecule has 0 saturated heterocycles. The Morgan fingerprint density at radius 1 is 1.33 bits per heavy atom. The van der Waals surface area contributed by atoms with Crippen LogP contribution in [0.3, 0.4) is 0 Å². The Kier molecular flexibility index (Phi) is 3.92. The summed E-state index contributed by atoms with van der Waals surface area (Å²) in [6.45, 7) is 0. The Balaban J connectivity index is 1.64. The third-order valence-electron chi connectivity index (χ3n) is 3.27. The molecule has 7 heteroatoms. The number of carbonyl (C=O) groups is 1. The number of rotatable bonds is 4. The first-order valence-electron chi connectivity index (χ1n) is 6.69. The van der Waals surface area contributed by atoms with E-state index in [4.69, 9.17) is 0 Å². The topological polar surface area (TPSA) is 79.8 Å². The lowest BCUT2D eigenvalue weighted by Gasteiger charge is -2.05. The summed E-state index contributed by atoms with van der Waals surface area (Å²) in [6, 6.07) is -0.254. The first-order valence-corrected chi connectivity index (χ1v) is 7.50. The fourth-order valence-corrected chi connectivity index (χ4v) is 3.02. The second kappa shape index (κ2) is 6.01. The summed E-state index contributed by atoms with van der Waals surface area (Å²) in [4.78, 5) is 25.2. The van der Waals surface area contributed by atoms with Gasteiger partial charge in [-0.3, -0.25) is 5.32 Å². The fraction of sp³-hybridized carbons (Fsp3) is 0.286. The quantitative estimate of drug-likeness (QED) is 0.905. The number of allylic oxidation sites excluding steroid dienone is 1. The van der Waals surface area contributed by atoms with Gasteiger partial charge in [-0.2, -0.15) is 0 Å². The Hall–Kier alpha value is -2.28. The molecule has 0 saturated carbocycles. The number of aryl methyl sites for hydroxylation is 2. The van der Waals surface area contributed by atoms with Crippen molar-refractivity contribution in [2.45, 2.75) is 19.3 Å². The molecule has 6 nitrogen and oxygen atoms in total. The number of fused-ring (bicyclic) bond motifs is 1. The highest BCUT2D eigenvalue weighted by Gasteiger charge is 2.13. The van der Waals surface area contributed by atoms with E-state index in [-0.39, 0.29) is 6.03 Å². The summed E-state index contributed by atoms with van der Waals surface area (Å²) in [6.07, 6.45) is 10.2. The van der Waals surface area contributed by atoms with Crippen molar-refractivity contribution in [1.82, 2.24) is 20.3 Å². The zero-order valence-electron chi connectivity index (χ0n) is 11.6. The van der Waals surface area contributed by atoms with Crippen LogP contribution in [0, 0.1) is 0 Å². The molecule has 3 rings (SSSR count). The minimum atomic E-state index is -0.254. The van der Waals surface area contributed by atoms with E-state index in [0.29, 0.717) is 5.13 Å². The molecular formula is C14H15N5OS. The lowest BCUT2D eigenvalue weighted by Crippen LogP contribution is -2.24. The van der Waals surface area contributed by atoms with Crippen LogP contribution in [0.4, 0.5) is 9.93 Å². The van der Waals surface area contributed by atoms with Gasteiger partial charge in [-0.25, -0.2) is 19.7 Å². The Bertz CT molecular complexity index is 694. The van der Waals surface area contributed by atoms with Gasteiger partial charge in [0.25, 0.3) is 0 Å². The zero-order valence-corrected chi connectivity index (χ0v) is 12.4. The largest absolute Gasteiger partial charge is 0.341 e. The van der Waals surface area contributed by atoms with Crippen LogP contribution in [0.15, 0.2) is 18.6 Å². The van der Waals surface area contributed by atoms with Gasteiger partial charge in [-0.1, -0.05) is 6.08 Å². The zero-order chi connectivity index (χ0) is 14.7. The second-order valence-corrected chi connectivity index (χ2v) is 5.74. The molecule has 0 unspecified atom stereocenters. The smallest absolute Gasteiger partial charge is 0.320 e. The van der Waals surface area contributed by atoms with Crippen LogP contribution < -0.4 is 10.6 Å². The molecule has 0 bridgehead atoms. The number of amides is 2. The van der Waals surface area contributed by atoms with Crippen LogP contribution in [-0.2, 0) is 19.3 Å². The first kappa shape index (κ1) is 13.7. The summed E-state index contributed by atoms with van der Waals surface area (Å²) in [5.74, 6) is 0. The van der Waals surface area contributed by atoms with E-state index in [0.717, 1.165) is 35.5 Å². The Morgan fingerprint density at radius 2 is 2.24 bits per heavy atom. The van der Waals surface area contributed by atoms with Crippen LogP contribution in [-0.4, -0.2) is 28.0 Å². The number of thiazole rings is 1. The van der Waals surface area contributed by atoms with Gasteiger partial charge < -0.3 is 5.32 Å². The van der Waals surface area contributed by atoms with Gasteiger partial charge in [0.1, 0.15) is 6.33 Å². The van der Waals surface area contributed by atoms with Gasteiger partial charge in [0.2, 0.25) is 0 Å². The molecule has 108 valence electrons. The van der Waals surface area contributed by atoms with Crippen molar-refractivity contribution in [3.05, 3.63) is 40.4 Å². The number of hydrogen-bond acceptors (Lipinski definition) is 5. The average Bonchev–Trinajstić information content (AvgIpc) is 3.13. The number of urea groups is 1. The Morgan fingerprint density at radius 3 is 3.10 bits per heavy atom. The van der Waals surface area contributed by atoms with E-state index in [1.165, 1.54) is 16.9 Å².